The van der Waals surface area contributed by atoms with E-state index in [1.54, 1.807) is 0 Å². The Morgan fingerprint density at radius 1 is 0.400 bits per heavy atom. The number of para-hydroxylation sites is 2. The quantitative estimate of drug-likeness (QED) is 0.181. The van der Waals surface area contributed by atoms with Gasteiger partial charge in [-0.25, -0.2) is 0 Å². The van der Waals surface area contributed by atoms with Crippen molar-refractivity contribution in [2.24, 2.45) is 0 Å². The minimum atomic E-state index is 1.15. The fraction of sp³-hybridized carbons (Fsp3) is 0. The predicted molar refractivity (Wildman–Crippen MR) is 219 cm³/mol. The van der Waals surface area contributed by atoms with E-state index < -0.39 is 0 Å². The van der Waals surface area contributed by atoms with Crippen molar-refractivity contribution in [3.63, 3.8) is 0 Å². The van der Waals surface area contributed by atoms with Gasteiger partial charge in [-0.2, -0.15) is 0 Å². The molecule has 3 aromatic heterocycles. The largest absolute Gasteiger partial charge is 0.309 e. The van der Waals surface area contributed by atoms with Gasteiger partial charge < -0.3 is 9.47 Å². The van der Waals surface area contributed by atoms with Gasteiger partial charge in [-0.1, -0.05) is 109 Å². The highest BCUT2D eigenvalue weighted by Crippen LogP contribution is 2.50. The molecule has 3 heterocycles. The van der Waals surface area contributed by atoms with E-state index in [1.165, 1.54) is 84.3 Å². The van der Waals surface area contributed by atoms with Crippen molar-refractivity contribution in [2.75, 3.05) is 4.90 Å². The number of nitrogens with zero attached hydrogens (tertiary/aromatic N) is 2. The molecule has 0 aliphatic heterocycles. The molecular formula is C46H28N2S2. The van der Waals surface area contributed by atoms with Gasteiger partial charge in [0.1, 0.15) is 0 Å². The monoisotopic (exact) mass is 672 g/mol. The van der Waals surface area contributed by atoms with Crippen LogP contribution in [0.2, 0.25) is 0 Å². The third-order valence-electron chi connectivity index (χ3n) is 10.2. The van der Waals surface area contributed by atoms with Crippen molar-refractivity contribution in [2.45, 2.75) is 0 Å². The van der Waals surface area contributed by atoms with E-state index >= 15 is 0 Å². The smallest absolute Gasteiger partial charge is 0.0640 e. The number of hydrogen-bond acceptors (Lipinski definition) is 3. The van der Waals surface area contributed by atoms with Gasteiger partial charge in [0.2, 0.25) is 0 Å². The molecule has 0 atom stereocenters. The second-order valence-electron chi connectivity index (χ2n) is 12.9. The molecule has 0 bridgehead atoms. The van der Waals surface area contributed by atoms with Gasteiger partial charge in [0, 0.05) is 57.8 Å². The Kier molecular flexibility index (Phi) is 6.03. The number of benzene rings is 8. The van der Waals surface area contributed by atoms with E-state index in [4.69, 9.17) is 0 Å². The zero-order valence-corrected chi connectivity index (χ0v) is 28.5. The lowest BCUT2D eigenvalue weighted by molar-refractivity contribution is 1.18. The van der Waals surface area contributed by atoms with Gasteiger partial charge in [-0.05, 0) is 71.4 Å². The SMILES string of the molecule is c1ccc(-n2c3ccccc3c3c(N(c4ccc5sc6ccccc6c5c4)c4cccc5c4sc4c6ccccc6ccc54)cccc32)cc1. The number of anilines is 3. The molecule has 0 radical (unpaired) electrons. The molecule has 0 fully saturated rings. The summed E-state index contributed by atoms with van der Waals surface area (Å²) in [5.74, 6) is 0. The van der Waals surface area contributed by atoms with Crippen LogP contribution in [-0.4, -0.2) is 4.57 Å². The summed E-state index contributed by atoms with van der Waals surface area (Å²) in [6, 6.07) is 62.4. The van der Waals surface area contributed by atoms with Crippen LogP contribution < -0.4 is 4.90 Å². The summed E-state index contributed by atoms with van der Waals surface area (Å²) in [5, 5.41) is 10.3. The first-order valence-corrected chi connectivity index (χ1v) is 18.6. The van der Waals surface area contributed by atoms with Gasteiger partial charge in [-0.3, -0.25) is 0 Å². The summed E-state index contributed by atoms with van der Waals surface area (Å²) in [7, 11) is 0. The molecule has 0 N–H and O–H groups in total. The summed E-state index contributed by atoms with van der Waals surface area (Å²) >= 11 is 3.78. The van der Waals surface area contributed by atoms with Crippen molar-refractivity contribution >= 4 is 113 Å². The van der Waals surface area contributed by atoms with Crippen LogP contribution in [0.1, 0.15) is 0 Å². The van der Waals surface area contributed by atoms with E-state index in [0.29, 0.717) is 0 Å². The first kappa shape index (κ1) is 28.0. The standard InChI is InChI=1S/C46H28N2S2/c1-2-13-30(14-3-1)47-38-19-8-6-17-36(38)44-39(47)20-11-21-40(44)48(31-25-27-43-37(28-31)33-16-7-9-23-42(33)49-43)41-22-10-18-34-35-26-24-29-12-4-5-15-32(29)45(35)50-46(34)41/h1-28H. The summed E-state index contributed by atoms with van der Waals surface area (Å²) < 4.78 is 7.66. The Hall–Kier alpha value is -5.94. The molecule has 0 aliphatic rings. The maximum Gasteiger partial charge on any atom is 0.0640 e. The lowest BCUT2D eigenvalue weighted by atomic mass is 10.0. The Labute approximate surface area is 296 Å². The van der Waals surface area contributed by atoms with Crippen molar-refractivity contribution in [1.29, 1.82) is 0 Å². The molecule has 8 aromatic carbocycles. The average Bonchev–Trinajstić information content (AvgIpc) is 3.86. The zero-order chi connectivity index (χ0) is 32.8. The molecule has 0 aliphatic carbocycles. The van der Waals surface area contributed by atoms with Gasteiger partial charge in [0.05, 0.1) is 27.1 Å². The van der Waals surface area contributed by atoms with Crippen LogP contribution in [-0.2, 0) is 0 Å². The Bertz CT molecular complexity index is 3110. The molecule has 11 aromatic rings. The first-order valence-electron chi connectivity index (χ1n) is 16.9. The molecule has 11 rings (SSSR count). The van der Waals surface area contributed by atoms with Crippen molar-refractivity contribution in [3.05, 3.63) is 170 Å². The maximum atomic E-state index is 2.52. The van der Waals surface area contributed by atoms with E-state index in [-0.39, 0.29) is 0 Å². The molecular weight excluding hydrogens is 645 g/mol. The molecule has 4 heteroatoms. The van der Waals surface area contributed by atoms with Crippen LogP contribution in [0.4, 0.5) is 17.1 Å². The van der Waals surface area contributed by atoms with Gasteiger partial charge in [-0.15, -0.1) is 22.7 Å². The van der Waals surface area contributed by atoms with Crippen LogP contribution in [0, 0.1) is 0 Å². The molecule has 50 heavy (non-hydrogen) atoms. The lowest BCUT2D eigenvalue weighted by Crippen LogP contribution is -2.10. The normalized spacial score (nSPS) is 12.0. The van der Waals surface area contributed by atoms with Crippen molar-refractivity contribution < 1.29 is 0 Å². The fourth-order valence-electron chi connectivity index (χ4n) is 7.99. The van der Waals surface area contributed by atoms with Gasteiger partial charge in [0.25, 0.3) is 0 Å². The fourth-order valence-corrected chi connectivity index (χ4v) is 10.4. The number of aromatic nitrogens is 1. The van der Waals surface area contributed by atoms with Crippen molar-refractivity contribution in [3.8, 4) is 5.69 Å². The van der Waals surface area contributed by atoms with Gasteiger partial charge in [0.15, 0.2) is 0 Å². The van der Waals surface area contributed by atoms with Gasteiger partial charge >= 0.3 is 0 Å². The summed E-state index contributed by atoms with van der Waals surface area (Å²) in [6.07, 6.45) is 0. The molecule has 2 nitrogen and oxygen atoms in total. The second kappa shape index (κ2) is 10.8. The lowest BCUT2D eigenvalue weighted by Gasteiger charge is -2.27. The third kappa shape index (κ3) is 4.01. The molecule has 0 spiro atoms. The minimum Gasteiger partial charge on any atom is -0.309 e. The Morgan fingerprint density at radius 2 is 1.08 bits per heavy atom. The van der Waals surface area contributed by atoms with Crippen LogP contribution in [0.25, 0.3) is 78.6 Å². The summed E-state index contributed by atoms with van der Waals surface area (Å²) in [5.41, 5.74) is 7.06. The maximum absolute atomic E-state index is 2.52. The number of fused-ring (bicyclic) bond motifs is 11. The topological polar surface area (TPSA) is 8.17 Å². The first-order chi connectivity index (χ1) is 24.8. The summed E-state index contributed by atoms with van der Waals surface area (Å²) in [4.78, 5) is 2.52. The van der Waals surface area contributed by atoms with E-state index in [0.717, 1.165) is 11.4 Å². The van der Waals surface area contributed by atoms with E-state index in [9.17, 15) is 0 Å². The predicted octanol–water partition coefficient (Wildman–Crippen LogP) is 14.1. The van der Waals surface area contributed by atoms with E-state index in [1.807, 2.05) is 22.7 Å². The second-order valence-corrected chi connectivity index (χ2v) is 15.0. The average molecular weight is 673 g/mol. The van der Waals surface area contributed by atoms with E-state index in [2.05, 4.69) is 179 Å². The van der Waals surface area contributed by atoms with Crippen LogP contribution >= 0.6 is 22.7 Å². The number of thiophene rings is 2. The van der Waals surface area contributed by atoms with Crippen LogP contribution in [0.5, 0.6) is 0 Å². The molecule has 0 unspecified atom stereocenters. The molecule has 0 saturated heterocycles. The Balaban J connectivity index is 1.27. The Morgan fingerprint density at radius 3 is 2.00 bits per heavy atom. The van der Waals surface area contributed by atoms with Crippen LogP contribution in [0.3, 0.4) is 0 Å². The highest BCUT2D eigenvalue weighted by molar-refractivity contribution is 7.27. The zero-order valence-electron chi connectivity index (χ0n) is 26.9. The molecule has 0 saturated carbocycles. The number of hydrogen-bond donors (Lipinski definition) is 0. The molecule has 0 amide bonds. The highest BCUT2D eigenvalue weighted by Gasteiger charge is 2.24. The third-order valence-corrected chi connectivity index (χ3v) is 12.6. The summed E-state index contributed by atoms with van der Waals surface area (Å²) in [6.45, 7) is 0. The highest BCUT2D eigenvalue weighted by atomic mass is 32.1. The molecule has 234 valence electrons. The minimum absolute atomic E-state index is 1.15. The number of rotatable bonds is 4. The van der Waals surface area contributed by atoms with Crippen molar-refractivity contribution in [1.82, 2.24) is 4.57 Å². The van der Waals surface area contributed by atoms with Crippen LogP contribution in [0.15, 0.2) is 170 Å².